The number of hydrogen-bond donors (Lipinski definition) is 1. The van der Waals surface area contributed by atoms with Crippen molar-refractivity contribution in [2.75, 3.05) is 0 Å². The number of alkyl halides is 5. The highest BCUT2D eigenvalue weighted by Crippen LogP contribution is 2.96. The molecule has 15 heavy (non-hydrogen) atoms. The van der Waals surface area contributed by atoms with Crippen LogP contribution in [0.4, 0.5) is 22.0 Å². The second-order valence-electron chi connectivity index (χ2n) is 5.26. The van der Waals surface area contributed by atoms with Crippen LogP contribution in [0.2, 0.25) is 0 Å². The molecule has 5 aliphatic rings. The molecule has 0 heterocycles. The zero-order chi connectivity index (χ0) is 11.0. The summed E-state index contributed by atoms with van der Waals surface area (Å²) in [5.41, 5.74) is -2.78. The molecule has 0 atom stereocenters. The van der Waals surface area contributed by atoms with E-state index in [1.54, 1.807) is 0 Å². The van der Waals surface area contributed by atoms with E-state index in [2.05, 4.69) is 0 Å². The maximum Gasteiger partial charge on any atom is 0.456 e. The minimum Gasteiger partial charge on any atom is -0.383 e. The van der Waals surface area contributed by atoms with E-state index >= 15 is 0 Å². The summed E-state index contributed by atoms with van der Waals surface area (Å²) in [4.78, 5) is 0. The molecule has 5 saturated carbocycles. The quantitative estimate of drug-likeness (QED) is 0.674. The SMILES string of the molecule is OC1(C(F)(F)C(F)(F)F)C2C3C2C2C3C21. The van der Waals surface area contributed by atoms with Crippen molar-refractivity contribution in [1.29, 1.82) is 0 Å². The molecule has 5 fully saturated rings. The van der Waals surface area contributed by atoms with E-state index in [-0.39, 0.29) is 23.7 Å². The molecule has 5 aliphatic carbocycles. The summed E-state index contributed by atoms with van der Waals surface area (Å²) in [7, 11) is 0. The van der Waals surface area contributed by atoms with Gasteiger partial charge in [0, 0.05) is 11.8 Å². The zero-order valence-electron chi connectivity index (χ0n) is 7.30. The van der Waals surface area contributed by atoms with Gasteiger partial charge in [-0.05, 0) is 23.7 Å². The molecule has 1 nitrogen and oxygen atoms in total. The first-order chi connectivity index (χ1) is 6.74. The van der Waals surface area contributed by atoms with Crippen LogP contribution < -0.4 is 0 Å². The number of halogens is 5. The summed E-state index contributed by atoms with van der Waals surface area (Å²) in [6.45, 7) is 0. The van der Waals surface area contributed by atoms with Crippen LogP contribution in [0.1, 0.15) is 0 Å². The molecule has 0 aromatic heterocycles. The summed E-state index contributed by atoms with van der Waals surface area (Å²) in [5.74, 6) is -6.63. The number of hydrogen-bond acceptors (Lipinski definition) is 1. The normalized spacial score (nSPS) is 63.6. The zero-order valence-corrected chi connectivity index (χ0v) is 7.30. The van der Waals surface area contributed by atoms with Crippen LogP contribution in [0.3, 0.4) is 0 Å². The molecule has 0 aromatic carbocycles. The van der Waals surface area contributed by atoms with Gasteiger partial charge in [0.2, 0.25) is 0 Å². The fourth-order valence-corrected chi connectivity index (χ4v) is 4.60. The summed E-state index contributed by atoms with van der Waals surface area (Å²) in [6.07, 6.45) is -5.63. The average molecular weight is 226 g/mol. The lowest BCUT2D eigenvalue weighted by molar-refractivity contribution is -0.347. The van der Waals surface area contributed by atoms with E-state index < -0.39 is 29.5 Å². The smallest absolute Gasteiger partial charge is 0.383 e. The van der Waals surface area contributed by atoms with E-state index in [1.807, 2.05) is 0 Å². The van der Waals surface area contributed by atoms with E-state index in [1.165, 1.54) is 0 Å². The van der Waals surface area contributed by atoms with Crippen molar-refractivity contribution < 1.29 is 27.1 Å². The van der Waals surface area contributed by atoms with Crippen molar-refractivity contribution in [3.63, 3.8) is 0 Å². The highest BCUT2D eigenvalue weighted by Gasteiger charge is 3.02. The first-order valence-corrected chi connectivity index (χ1v) is 4.91. The van der Waals surface area contributed by atoms with Crippen LogP contribution in [0, 0.1) is 35.5 Å². The molecular formula is C9H7F5O. The molecule has 0 saturated heterocycles. The van der Waals surface area contributed by atoms with Gasteiger partial charge in [-0.3, -0.25) is 0 Å². The molecular weight excluding hydrogens is 219 g/mol. The third-order valence-corrected chi connectivity index (χ3v) is 5.03. The summed E-state index contributed by atoms with van der Waals surface area (Å²) in [6, 6.07) is 0. The Hall–Kier alpha value is -0.390. The van der Waals surface area contributed by atoms with Gasteiger partial charge < -0.3 is 5.11 Å². The van der Waals surface area contributed by atoms with Gasteiger partial charge in [0.05, 0.1) is 0 Å². The van der Waals surface area contributed by atoms with E-state index in [0.717, 1.165) is 0 Å². The highest BCUT2D eigenvalue weighted by molar-refractivity contribution is 5.45. The van der Waals surface area contributed by atoms with Crippen LogP contribution in [-0.4, -0.2) is 22.8 Å². The molecule has 5 rings (SSSR count). The predicted molar refractivity (Wildman–Crippen MR) is 36.9 cm³/mol. The lowest BCUT2D eigenvalue weighted by Crippen LogP contribution is -2.58. The maximum atomic E-state index is 13.2. The van der Waals surface area contributed by atoms with Gasteiger partial charge in [0.15, 0.2) is 0 Å². The van der Waals surface area contributed by atoms with Crippen LogP contribution in [0.15, 0.2) is 0 Å². The Kier molecular flexibility index (Phi) is 0.993. The standard InChI is InChI=1S/C9H7F5O/c10-8(11,9(12,13)14)7(15)5-1-2(5)4-3(1)6(4)7/h1-6,15H. The molecule has 0 amide bonds. The Balaban J connectivity index is 1.79. The second kappa shape index (κ2) is 1.71. The van der Waals surface area contributed by atoms with Crippen molar-refractivity contribution >= 4 is 0 Å². The molecule has 0 aromatic rings. The monoisotopic (exact) mass is 226 g/mol. The summed E-state index contributed by atoms with van der Waals surface area (Å²) < 4.78 is 63.1. The first kappa shape index (κ1) is 8.73. The maximum absolute atomic E-state index is 13.2. The lowest BCUT2D eigenvalue weighted by Gasteiger charge is -2.35. The molecule has 2 bridgehead atoms. The average Bonchev–Trinajstić information content (AvgIpc) is 2.76. The molecule has 0 unspecified atom stereocenters. The second-order valence-corrected chi connectivity index (χ2v) is 5.26. The van der Waals surface area contributed by atoms with Crippen molar-refractivity contribution in [2.45, 2.75) is 17.7 Å². The minimum atomic E-state index is -5.63. The van der Waals surface area contributed by atoms with Crippen molar-refractivity contribution in [3.8, 4) is 0 Å². The number of rotatable bonds is 1. The molecule has 0 aliphatic heterocycles. The minimum absolute atomic E-state index is 0.0294. The fourth-order valence-electron chi connectivity index (χ4n) is 4.60. The van der Waals surface area contributed by atoms with Gasteiger partial charge in [0.25, 0.3) is 0 Å². The van der Waals surface area contributed by atoms with Gasteiger partial charge in [-0.25, -0.2) is 0 Å². The van der Waals surface area contributed by atoms with Gasteiger partial charge in [-0.1, -0.05) is 0 Å². The molecule has 0 spiro atoms. The third-order valence-electron chi connectivity index (χ3n) is 5.03. The van der Waals surface area contributed by atoms with E-state index in [9.17, 15) is 27.1 Å². The molecule has 1 N–H and O–H groups in total. The van der Waals surface area contributed by atoms with Gasteiger partial charge in [-0.2, -0.15) is 22.0 Å². The Labute approximate surface area is 81.3 Å². The Morgan fingerprint density at radius 2 is 1.13 bits per heavy atom. The van der Waals surface area contributed by atoms with Gasteiger partial charge >= 0.3 is 12.1 Å². The van der Waals surface area contributed by atoms with Crippen LogP contribution in [0.5, 0.6) is 0 Å². The van der Waals surface area contributed by atoms with Crippen molar-refractivity contribution in [3.05, 3.63) is 0 Å². The molecule has 6 heteroatoms. The molecule has 84 valence electrons. The largest absolute Gasteiger partial charge is 0.456 e. The van der Waals surface area contributed by atoms with Crippen LogP contribution in [-0.2, 0) is 0 Å². The Morgan fingerprint density at radius 1 is 0.800 bits per heavy atom. The van der Waals surface area contributed by atoms with Gasteiger partial charge in [-0.15, -0.1) is 0 Å². The van der Waals surface area contributed by atoms with Gasteiger partial charge in [0.1, 0.15) is 5.60 Å². The Morgan fingerprint density at radius 3 is 1.40 bits per heavy atom. The lowest BCUT2D eigenvalue weighted by atomic mass is 9.89. The third kappa shape index (κ3) is 0.553. The van der Waals surface area contributed by atoms with E-state index in [4.69, 9.17) is 0 Å². The highest BCUT2D eigenvalue weighted by atomic mass is 19.4. The fraction of sp³-hybridized carbons (Fsp3) is 1.00. The van der Waals surface area contributed by atoms with Crippen molar-refractivity contribution in [2.24, 2.45) is 35.5 Å². The Bertz CT molecular complexity index is 331. The topological polar surface area (TPSA) is 20.2 Å². The summed E-state index contributed by atoms with van der Waals surface area (Å²) >= 11 is 0. The first-order valence-electron chi connectivity index (χ1n) is 4.91. The predicted octanol–water partition coefficient (Wildman–Crippen LogP) is 1.67. The molecule has 0 radical (unpaired) electrons. The van der Waals surface area contributed by atoms with Crippen LogP contribution >= 0.6 is 0 Å². The van der Waals surface area contributed by atoms with Crippen molar-refractivity contribution in [1.82, 2.24) is 0 Å². The van der Waals surface area contributed by atoms with Crippen LogP contribution in [0.25, 0.3) is 0 Å². The number of aliphatic hydroxyl groups is 1. The summed E-state index contributed by atoms with van der Waals surface area (Å²) in [5, 5.41) is 9.73. The van der Waals surface area contributed by atoms with E-state index in [0.29, 0.717) is 0 Å².